The van der Waals surface area contributed by atoms with Gasteiger partial charge in [-0.25, -0.2) is 4.99 Å². The molecule has 0 atom stereocenters. The van der Waals surface area contributed by atoms with Gasteiger partial charge in [0.15, 0.2) is 0 Å². The summed E-state index contributed by atoms with van der Waals surface area (Å²) < 4.78 is 49.0. The zero-order valence-electron chi connectivity index (χ0n) is 11.8. The van der Waals surface area contributed by atoms with Gasteiger partial charge in [-0.15, -0.1) is 0 Å². The van der Waals surface area contributed by atoms with Crippen LogP contribution < -0.4 is 4.74 Å². The van der Waals surface area contributed by atoms with E-state index in [4.69, 9.17) is 9.47 Å². The molecule has 0 saturated heterocycles. The molecule has 1 aliphatic rings. The summed E-state index contributed by atoms with van der Waals surface area (Å²) in [6.07, 6.45) is -4.41. The van der Waals surface area contributed by atoms with Crippen LogP contribution >= 0.6 is 0 Å². The van der Waals surface area contributed by atoms with E-state index in [2.05, 4.69) is 4.99 Å². The summed E-state index contributed by atoms with van der Waals surface area (Å²) in [5.74, 6) is 0.451. The van der Waals surface area contributed by atoms with Gasteiger partial charge in [0.2, 0.25) is 5.90 Å². The minimum absolute atomic E-state index is 0.119. The van der Waals surface area contributed by atoms with Crippen molar-refractivity contribution in [3.8, 4) is 5.75 Å². The van der Waals surface area contributed by atoms with Gasteiger partial charge in [-0.2, -0.15) is 13.2 Å². The van der Waals surface area contributed by atoms with E-state index in [0.717, 1.165) is 12.1 Å². The first-order valence-electron chi connectivity index (χ1n) is 6.13. The van der Waals surface area contributed by atoms with E-state index in [1.165, 1.54) is 7.11 Å². The van der Waals surface area contributed by atoms with Crippen LogP contribution in [0.3, 0.4) is 0 Å². The Labute approximate surface area is 115 Å². The molecular weight excluding hydrogens is 271 g/mol. The zero-order valence-corrected chi connectivity index (χ0v) is 11.8. The lowest BCUT2D eigenvalue weighted by molar-refractivity contribution is -0.137. The monoisotopic (exact) mass is 287 g/mol. The molecule has 1 aliphatic heterocycles. The molecule has 1 heterocycles. The molecule has 0 fully saturated rings. The first-order chi connectivity index (χ1) is 9.14. The number of nitrogens with zero attached hydrogens (tertiary/aromatic N) is 1. The standard InChI is InChI=1S/C14H16F3NO2/c1-8-5-9(14(15,16)17)6-10(19-4)11(8)12-18-13(2,3)7-20-12/h5-6H,7H2,1-4H3. The summed E-state index contributed by atoms with van der Waals surface area (Å²) in [5, 5.41) is 0. The minimum atomic E-state index is -4.41. The molecule has 0 radical (unpaired) electrons. The van der Waals surface area contributed by atoms with Crippen LogP contribution in [0.5, 0.6) is 5.75 Å². The first-order valence-corrected chi connectivity index (χ1v) is 6.13. The van der Waals surface area contributed by atoms with E-state index in [0.29, 0.717) is 23.6 Å². The number of alkyl halides is 3. The summed E-state index contributed by atoms with van der Waals surface area (Å²) in [6.45, 7) is 5.77. The van der Waals surface area contributed by atoms with Gasteiger partial charge < -0.3 is 9.47 Å². The van der Waals surface area contributed by atoms with Gasteiger partial charge in [0.25, 0.3) is 0 Å². The number of aryl methyl sites for hydroxylation is 1. The number of hydrogen-bond acceptors (Lipinski definition) is 3. The summed E-state index contributed by atoms with van der Waals surface area (Å²) in [4.78, 5) is 4.39. The Morgan fingerprint density at radius 1 is 1.30 bits per heavy atom. The number of hydrogen-bond donors (Lipinski definition) is 0. The molecule has 20 heavy (non-hydrogen) atoms. The highest BCUT2D eigenvalue weighted by Gasteiger charge is 2.34. The van der Waals surface area contributed by atoms with E-state index in [9.17, 15) is 13.2 Å². The fourth-order valence-electron chi connectivity index (χ4n) is 2.07. The molecule has 0 aliphatic carbocycles. The second-order valence-corrected chi connectivity index (χ2v) is 5.39. The average Bonchev–Trinajstić information content (AvgIpc) is 2.66. The fourth-order valence-corrected chi connectivity index (χ4v) is 2.07. The molecule has 0 amide bonds. The van der Waals surface area contributed by atoms with E-state index >= 15 is 0 Å². The third-order valence-electron chi connectivity index (χ3n) is 3.03. The number of benzene rings is 1. The second kappa shape index (κ2) is 4.68. The predicted molar refractivity (Wildman–Crippen MR) is 69.3 cm³/mol. The summed E-state index contributed by atoms with van der Waals surface area (Å²) in [5.41, 5.74) is -0.220. The quantitative estimate of drug-likeness (QED) is 0.832. The van der Waals surface area contributed by atoms with Crippen LogP contribution in [-0.4, -0.2) is 25.2 Å². The molecule has 0 bridgehead atoms. The van der Waals surface area contributed by atoms with E-state index in [1.807, 2.05) is 13.8 Å². The van der Waals surface area contributed by atoms with Crippen molar-refractivity contribution in [3.63, 3.8) is 0 Å². The highest BCUT2D eigenvalue weighted by atomic mass is 19.4. The lowest BCUT2D eigenvalue weighted by Gasteiger charge is -2.15. The smallest absolute Gasteiger partial charge is 0.416 e. The van der Waals surface area contributed by atoms with Crippen LogP contribution in [0.15, 0.2) is 17.1 Å². The van der Waals surface area contributed by atoms with Crippen LogP contribution in [0.4, 0.5) is 13.2 Å². The van der Waals surface area contributed by atoms with Gasteiger partial charge in [0.05, 0.1) is 23.8 Å². The van der Waals surface area contributed by atoms with Crippen LogP contribution in [0, 0.1) is 6.92 Å². The Bertz CT molecular complexity index is 562. The molecule has 0 unspecified atom stereocenters. The summed E-state index contributed by atoms with van der Waals surface area (Å²) in [6, 6.07) is 2.05. The molecule has 2 rings (SSSR count). The highest BCUT2D eigenvalue weighted by molar-refractivity contribution is 5.99. The highest BCUT2D eigenvalue weighted by Crippen LogP contribution is 2.36. The average molecular weight is 287 g/mol. The lowest BCUT2D eigenvalue weighted by Crippen LogP contribution is -2.17. The molecule has 0 saturated carbocycles. The number of methoxy groups -OCH3 is 1. The Morgan fingerprint density at radius 3 is 2.40 bits per heavy atom. The normalized spacial score (nSPS) is 17.6. The topological polar surface area (TPSA) is 30.8 Å². The minimum Gasteiger partial charge on any atom is -0.496 e. The van der Waals surface area contributed by atoms with Crippen LogP contribution in [-0.2, 0) is 10.9 Å². The zero-order chi connectivity index (χ0) is 15.1. The SMILES string of the molecule is COc1cc(C(F)(F)F)cc(C)c1C1=NC(C)(C)CO1. The Kier molecular flexibility index (Phi) is 3.44. The third kappa shape index (κ3) is 2.73. The van der Waals surface area contributed by atoms with Gasteiger partial charge in [0.1, 0.15) is 12.4 Å². The molecule has 1 aromatic carbocycles. The number of rotatable bonds is 2. The lowest BCUT2D eigenvalue weighted by atomic mass is 10.0. The van der Waals surface area contributed by atoms with Crippen molar-refractivity contribution in [2.45, 2.75) is 32.5 Å². The Hall–Kier alpha value is -1.72. The Balaban J connectivity index is 2.55. The van der Waals surface area contributed by atoms with Crippen LogP contribution in [0.25, 0.3) is 0 Å². The van der Waals surface area contributed by atoms with Crippen LogP contribution in [0.2, 0.25) is 0 Å². The van der Waals surface area contributed by atoms with Crippen molar-refractivity contribution in [1.82, 2.24) is 0 Å². The number of aliphatic imine (C=N–C) groups is 1. The van der Waals surface area contributed by atoms with Crippen molar-refractivity contribution >= 4 is 5.90 Å². The third-order valence-corrected chi connectivity index (χ3v) is 3.03. The molecule has 0 spiro atoms. The second-order valence-electron chi connectivity index (χ2n) is 5.39. The number of ether oxygens (including phenoxy) is 2. The molecular formula is C14H16F3NO2. The van der Waals surface area contributed by atoms with Gasteiger partial charge in [-0.3, -0.25) is 0 Å². The predicted octanol–water partition coefficient (Wildman–Crippen LogP) is 3.58. The first kappa shape index (κ1) is 14.7. The molecule has 0 N–H and O–H groups in total. The maximum Gasteiger partial charge on any atom is 0.416 e. The van der Waals surface area contributed by atoms with Gasteiger partial charge in [-0.05, 0) is 38.5 Å². The van der Waals surface area contributed by atoms with Crippen molar-refractivity contribution in [3.05, 3.63) is 28.8 Å². The van der Waals surface area contributed by atoms with Gasteiger partial charge >= 0.3 is 6.18 Å². The molecule has 0 aromatic heterocycles. The van der Waals surface area contributed by atoms with Crippen molar-refractivity contribution in [2.24, 2.45) is 4.99 Å². The van der Waals surface area contributed by atoms with Crippen molar-refractivity contribution < 1.29 is 22.6 Å². The summed E-state index contributed by atoms with van der Waals surface area (Å²) in [7, 11) is 1.33. The summed E-state index contributed by atoms with van der Waals surface area (Å²) >= 11 is 0. The maximum absolute atomic E-state index is 12.8. The maximum atomic E-state index is 12.8. The van der Waals surface area contributed by atoms with Gasteiger partial charge in [0, 0.05) is 0 Å². The molecule has 6 heteroatoms. The molecule has 110 valence electrons. The van der Waals surface area contributed by atoms with Crippen molar-refractivity contribution in [1.29, 1.82) is 0 Å². The van der Waals surface area contributed by atoms with E-state index < -0.39 is 11.7 Å². The van der Waals surface area contributed by atoms with E-state index in [1.54, 1.807) is 6.92 Å². The molecule has 3 nitrogen and oxygen atoms in total. The Morgan fingerprint density at radius 2 is 1.95 bits per heavy atom. The van der Waals surface area contributed by atoms with Crippen molar-refractivity contribution in [2.75, 3.05) is 13.7 Å². The van der Waals surface area contributed by atoms with E-state index in [-0.39, 0.29) is 11.3 Å². The van der Waals surface area contributed by atoms with Gasteiger partial charge in [-0.1, -0.05) is 0 Å². The molecule has 1 aromatic rings. The fraction of sp³-hybridized carbons (Fsp3) is 0.500. The number of halogens is 3. The van der Waals surface area contributed by atoms with Crippen LogP contribution in [0.1, 0.15) is 30.5 Å². The largest absolute Gasteiger partial charge is 0.496 e.